The fourth-order valence-electron chi connectivity index (χ4n) is 3.27. The van der Waals surface area contributed by atoms with Gasteiger partial charge in [-0.05, 0) is 48.9 Å². The van der Waals surface area contributed by atoms with E-state index in [9.17, 15) is 13.9 Å². The summed E-state index contributed by atoms with van der Waals surface area (Å²) < 4.78 is 26.7. The number of aliphatic hydroxyl groups is 1. The molecule has 0 amide bonds. The Morgan fingerprint density at radius 3 is 2.38 bits per heavy atom. The first-order chi connectivity index (χ1) is 13.6. The second-order valence-corrected chi connectivity index (χ2v) is 6.70. The van der Waals surface area contributed by atoms with Crippen LogP contribution in [-0.2, 0) is 13.2 Å². The highest BCUT2D eigenvalue weighted by atomic mass is 127. The van der Waals surface area contributed by atoms with Gasteiger partial charge in [0.25, 0.3) is 0 Å². The number of nitrogens with zero attached hydrogens (tertiary/aromatic N) is 3. The summed E-state index contributed by atoms with van der Waals surface area (Å²) in [6, 6.07) is 11.3. The molecule has 0 aliphatic carbocycles. The molecule has 0 atom stereocenters. The van der Waals surface area contributed by atoms with Gasteiger partial charge in [-0.1, -0.05) is 6.07 Å². The van der Waals surface area contributed by atoms with E-state index in [1.165, 1.54) is 18.2 Å². The molecule has 2 N–H and O–H groups in total. The highest BCUT2D eigenvalue weighted by Crippen LogP contribution is 2.17. The number of nitrogens with one attached hydrogen (secondary N) is 1. The summed E-state index contributed by atoms with van der Waals surface area (Å²) in [6.45, 7) is 6.10. The van der Waals surface area contributed by atoms with E-state index in [-0.39, 0.29) is 42.0 Å². The lowest BCUT2D eigenvalue weighted by Crippen LogP contribution is -2.52. The van der Waals surface area contributed by atoms with Crippen LogP contribution >= 0.6 is 24.0 Å². The summed E-state index contributed by atoms with van der Waals surface area (Å²) in [5.41, 5.74) is 2.15. The number of piperazine rings is 1. The van der Waals surface area contributed by atoms with Crippen molar-refractivity contribution in [3.8, 4) is 0 Å². The molecule has 1 aliphatic heterocycles. The average Bonchev–Trinajstić information content (AvgIpc) is 2.73. The van der Waals surface area contributed by atoms with Gasteiger partial charge in [-0.3, -0.25) is 0 Å². The van der Waals surface area contributed by atoms with Gasteiger partial charge in [0, 0.05) is 44.0 Å². The van der Waals surface area contributed by atoms with Crippen LogP contribution in [0.25, 0.3) is 0 Å². The van der Waals surface area contributed by atoms with Gasteiger partial charge in [0.15, 0.2) is 5.96 Å². The molecule has 0 saturated carbocycles. The van der Waals surface area contributed by atoms with Crippen molar-refractivity contribution in [1.82, 2.24) is 10.2 Å². The highest BCUT2D eigenvalue weighted by Gasteiger charge is 2.20. The fourth-order valence-corrected chi connectivity index (χ4v) is 3.27. The Balaban J connectivity index is 0.00000300. The topological polar surface area (TPSA) is 51.1 Å². The number of hydrogen-bond acceptors (Lipinski definition) is 3. The van der Waals surface area contributed by atoms with Crippen LogP contribution in [0.1, 0.15) is 18.1 Å². The van der Waals surface area contributed by atoms with Crippen molar-refractivity contribution < 1.29 is 13.9 Å². The Kier molecular flexibility index (Phi) is 9.09. The van der Waals surface area contributed by atoms with Gasteiger partial charge in [0.05, 0.1) is 13.2 Å². The van der Waals surface area contributed by atoms with Gasteiger partial charge in [-0.2, -0.15) is 0 Å². The summed E-state index contributed by atoms with van der Waals surface area (Å²) in [5.74, 6) is 0.185. The van der Waals surface area contributed by atoms with Crippen LogP contribution in [0.2, 0.25) is 0 Å². The van der Waals surface area contributed by atoms with Crippen molar-refractivity contribution in [1.29, 1.82) is 0 Å². The molecule has 2 aromatic rings. The molecular formula is C21H27F2IN4O. The molecule has 1 saturated heterocycles. The molecule has 1 fully saturated rings. The number of benzene rings is 2. The first kappa shape index (κ1) is 23.3. The number of aliphatic imine (C=N–C) groups is 1. The van der Waals surface area contributed by atoms with E-state index in [1.807, 2.05) is 6.92 Å². The van der Waals surface area contributed by atoms with Crippen molar-refractivity contribution >= 4 is 35.6 Å². The number of halogens is 3. The summed E-state index contributed by atoms with van der Waals surface area (Å²) in [4.78, 5) is 9.10. The molecule has 0 bridgehead atoms. The maximum atomic E-state index is 13.5. The number of hydrogen-bond donors (Lipinski definition) is 2. The van der Waals surface area contributed by atoms with E-state index in [0.717, 1.165) is 49.9 Å². The third-order valence-electron chi connectivity index (χ3n) is 4.80. The molecule has 2 aromatic carbocycles. The predicted molar refractivity (Wildman–Crippen MR) is 123 cm³/mol. The zero-order chi connectivity index (χ0) is 19.9. The second kappa shape index (κ2) is 11.3. The first-order valence-corrected chi connectivity index (χ1v) is 9.52. The lowest BCUT2D eigenvalue weighted by molar-refractivity contribution is 0.275. The minimum atomic E-state index is -0.404. The Morgan fingerprint density at radius 2 is 1.76 bits per heavy atom. The van der Waals surface area contributed by atoms with Crippen molar-refractivity contribution in [2.24, 2.45) is 4.99 Å². The van der Waals surface area contributed by atoms with Crippen molar-refractivity contribution in [3.63, 3.8) is 0 Å². The third kappa shape index (κ3) is 6.27. The van der Waals surface area contributed by atoms with E-state index in [0.29, 0.717) is 6.54 Å². The average molecular weight is 516 g/mol. The van der Waals surface area contributed by atoms with Crippen LogP contribution in [0.15, 0.2) is 47.5 Å². The Morgan fingerprint density at radius 1 is 1.07 bits per heavy atom. The smallest absolute Gasteiger partial charge is 0.194 e. The van der Waals surface area contributed by atoms with Gasteiger partial charge in [-0.25, -0.2) is 13.8 Å². The molecule has 1 aliphatic rings. The molecule has 5 nitrogen and oxygen atoms in total. The minimum Gasteiger partial charge on any atom is -0.392 e. The van der Waals surface area contributed by atoms with Crippen LogP contribution in [-0.4, -0.2) is 48.7 Å². The first-order valence-electron chi connectivity index (χ1n) is 9.52. The van der Waals surface area contributed by atoms with E-state index in [1.54, 1.807) is 24.3 Å². The van der Waals surface area contributed by atoms with E-state index in [4.69, 9.17) is 0 Å². The largest absolute Gasteiger partial charge is 0.392 e. The van der Waals surface area contributed by atoms with Crippen molar-refractivity contribution in [2.75, 3.05) is 37.6 Å². The van der Waals surface area contributed by atoms with E-state index in [2.05, 4.69) is 20.1 Å². The van der Waals surface area contributed by atoms with Gasteiger partial charge < -0.3 is 20.2 Å². The van der Waals surface area contributed by atoms with Gasteiger partial charge in [0.1, 0.15) is 11.6 Å². The lowest BCUT2D eigenvalue weighted by Gasteiger charge is -2.37. The van der Waals surface area contributed by atoms with Crippen LogP contribution < -0.4 is 10.2 Å². The zero-order valence-corrected chi connectivity index (χ0v) is 18.8. The molecule has 0 unspecified atom stereocenters. The quantitative estimate of drug-likeness (QED) is 0.364. The van der Waals surface area contributed by atoms with E-state index >= 15 is 0 Å². The highest BCUT2D eigenvalue weighted by molar-refractivity contribution is 14.0. The van der Waals surface area contributed by atoms with Crippen LogP contribution in [0.3, 0.4) is 0 Å². The maximum absolute atomic E-state index is 13.5. The number of guanidine groups is 1. The van der Waals surface area contributed by atoms with Gasteiger partial charge in [0.2, 0.25) is 0 Å². The third-order valence-corrected chi connectivity index (χ3v) is 4.80. The summed E-state index contributed by atoms with van der Waals surface area (Å²) in [7, 11) is 0. The molecule has 158 valence electrons. The molecule has 1 heterocycles. The Hall–Kier alpha value is -1.94. The molecule has 0 spiro atoms. The van der Waals surface area contributed by atoms with Gasteiger partial charge in [-0.15, -0.1) is 24.0 Å². The second-order valence-electron chi connectivity index (χ2n) is 6.70. The van der Waals surface area contributed by atoms with Crippen molar-refractivity contribution in [2.45, 2.75) is 20.1 Å². The maximum Gasteiger partial charge on any atom is 0.194 e. The molecule has 0 radical (unpaired) electrons. The van der Waals surface area contributed by atoms with E-state index < -0.39 is 5.82 Å². The van der Waals surface area contributed by atoms with Crippen molar-refractivity contribution in [3.05, 3.63) is 65.2 Å². The molecule has 3 rings (SSSR count). The standard InChI is InChI=1S/C21H26F2N4O.HI/c1-2-24-21(25-14-16-3-8-20(23)17(13-16)15-28)27-11-9-26(10-12-27)19-6-4-18(22)5-7-19;/h3-8,13,28H,2,9-12,14-15H2,1H3,(H,24,25);1H. The molecular weight excluding hydrogens is 489 g/mol. The number of rotatable bonds is 5. The normalized spacial score (nSPS) is 14.6. The summed E-state index contributed by atoms with van der Waals surface area (Å²) in [6.07, 6.45) is 0. The lowest BCUT2D eigenvalue weighted by atomic mass is 10.1. The summed E-state index contributed by atoms with van der Waals surface area (Å²) in [5, 5.41) is 12.5. The van der Waals surface area contributed by atoms with Crippen LogP contribution in [0.4, 0.5) is 14.5 Å². The molecule has 29 heavy (non-hydrogen) atoms. The SMILES string of the molecule is CCNC(=NCc1ccc(F)c(CO)c1)N1CCN(c2ccc(F)cc2)CC1.I. The minimum absolute atomic E-state index is 0. The number of aliphatic hydroxyl groups excluding tert-OH is 1. The zero-order valence-electron chi connectivity index (χ0n) is 16.4. The monoisotopic (exact) mass is 516 g/mol. The summed E-state index contributed by atoms with van der Waals surface area (Å²) >= 11 is 0. The molecule has 8 heteroatoms. The Labute approximate surface area is 187 Å². The fraction of sp³-hybridized carbons (Fsp3) is 0.381. The number of anilines is 1. The Bertz CT molecular complexity index is 809. The van der Waals surface area contributed by atoms with Crippen LogP contribution in [0.5, 0.6) is 0 Å². The van der Waals surface area contributed by atoms with Gasteiger partial charge >= 0.3 is 0 Å². The molecule has 0 aromatic heterocycles. The van der Waals surface area contributed by atoms with Crippen LogP contribution in [0, 0.1) is 11.6 Å². The predicted octanol–water partition coefficient (Wildman–Crippen LogP) is 3.36.